The lowest BCUT2D eigenvalue weighted by atomic mass is 9.93. The minimum absolute atomic E-state index is 0.0420. The minimum Gasteiger partial charge on any atom is -0.352 e. The smallest absolute Gasteiger partial charge is 0.309 e. The first-order valence-corrected chi connectivity index (χ1v) is 8.07. The Labute approximate surface area is 138 Å². The number of amides is 1. The fraction of sp³-hybridized carbons (Fsp3) is 0.400. The van der Waals surface area contributed by atoms with Crippen molar-refractivity contribution in [1.82, 2.24) is 15.3 Å². The Morgan fingerprint density at radius 1 is 1.39 bits per heavy atom. The summed E-state index contributed by atoms with van der Waals surface area (Å²) in [6, 6.07) is 3.17. The summed E-state index contributed by atoms with van der Waals surface area (Å²) < 4.78 is 0. The Hall–Kier alpha value is -2.53. The van der Waals surface area contributed by atoms with E-state index in [0.29, 0.717) is 24.3 Å². The second kappa shape index (κ2) is 7.15. The van der Waals surface area contributed by atoms with Crippen LogP contribution < -0.4 is 10.7 Å². The second-order valence-electron chi connectivity index (χ2n) is 6.03. The SMILES string of the molecule is CC(C)(C)c1csc(CCNC(=O)c2ccc(N[N+]#N)nc2)n1. The van der Waals surface area contributed by atoms with Crippen molar-refractivity contribution in [1.29, 1.82) is 5.39 Å². The van der Waals surface area contributed by atoms with Gasteiger partial charge in [0, 0.05) is 35.4 Å². The van der Waals surface area contributed by atoms with Gasteiger partial charge in [0.15, 0.2) is 0 Å². The highest BCUT2D eigenvalue weighted by Gasteiger charge is 2.17. The first-order valence-electron chi connectivity index (χ1n) is 7.19. The van der Waals surface area contributed by atoms with Crippen LogP contribution >= 0.6 is 11.3 Å². The van der Waals surface area contributed by atoms with E-state index in [9.17, 15) is 4.79 Å². The molecule has 2 aromatic heterocycles. The molecule has 0 spiro atoms. The number of anilines is 1. The first-order chi connectivity index (χ1) is 10.9. The normalized spacial score (nSPS) is 10.9. The van der Waals surface area contributed by atoms with Gasteiger partial charge in [0.1, 0.15) is 0 Å². The number of hydrogen-bond donors (Lipinski definition) is 2. The Balaban J connectivity index is 1.85. The molecule has 7 nitrogen and oxygen atoms in total. The maximum Gasteiger partial charge on any atom is 0.309 e. The third kappa shape index (κ3) is 4.72. The highest BCUT2D eigenvalue weighted by molar-refractivity contribution is 7.09. The van der Waals surface area contributed by atoms with Crippen molar-refractivity contribution in [3.8, 4) is 0 Å². The van der Waals surface area contributed by atoms with E-state index < -0.39 is 0 Å². The molecule has 0 saturated heterocycles. The lowest BCUT2D eigenvalue weighted by molar-refractivity contribution is 0.0954. The molecule has 1 amide bonds. The van der Waals surface area contributed by atoms with Crippen LogP contribution in [-0.4, -0.2) is 22.4 Å². The van der Waals surface area contributed by atoms with Gasteiger partial charge in [-0.25, -0.2) is 9.97 Å². The number of hydrogen-bond acceptors (Lipinski definition) is 6. The molecule has 0 radical (unpaired) electrons. The van der Waals surface area contributed by atoms with E-state index in [1.54, 1.807) is 23.5 Å². The summed E-state index contributed by atoms with van der Waals surface area (Å²) in [5.41, 5.74) is 3.85. The number of aromatic nitrogens is 2. The van der Waals surface area contributed by atoms with Crippen LogP contribution in [0.4, 0.5) is 5.82 Å². The summed E-state index contributed by atoms with van der Waals surface area (Å²) in [6.45, 7) is 6.90. The summed E-state index contributed by atoms with van der Waals surface area (Å²) >= 11 is 1.61. The average molecular weight is 331 g/mol. The zero-order chi connectivity index (χ0) is 16.9. The number of rotatable bonds is 5. The number of diazo groups is 1. The summed E-state index contributed by atoms with van der Waals surface area (Å²) in [5, 5.41) is 17.0. The molecule has 0 bridgehead atoms. The van der Waals surface area contributed by atoms with Gasteiger partial charge >= 0.3 is 5.08 Å². The number of pyridine rings is 1. The molecule has 2 aromatic rings. The summed E-state index contributed by atoms with van der Waals surface area (Å²) in [6.07, 6.45) is 2.12. The molecule has 0 saturated carbocycles. The van der Waals surface area contributed by atoms with Crippen molar-refractivity contribution in [2.24, 2.45) is 0 Å². The second-order valence-corrected chi connectivity index (χ2v) is 6.97. The fourth-order valence-corrected chi connectivity index (χ4v) is 2.83. The van der Waals surface area contributed by atoms with E-state index >= 15 is 0 Å². The zero-order valence-electron chi connectivity index (χ0n) is 13.3. The highest BCUT2D eigenvalue weighted by Crippen LogP contribution is 2.23. The molecule has 8 heteroatoms. The van der Waals surface area contributed by atoms with Crippen molar-refractivity contribution >= 4 is 23.1 Å². The summed E-state index contributed by atoms with van der Waals surface area (Å²) in [7, 11) is 0. The third-order valence-electron chi connectivity index (χ3n) is 3.13. The lowest BCUT2D eigenvalue weighted by Crippen LogP contribution is -2.25. The van der Waals surface area contributed by atoms with Crippen molar-refractivity contribution in [2.75, 3.05) is 12.0 Å². The van der Waals surface area contributed by atoms with Crippen molar-refractivity contribution < 1.29 is 4.79 Å². The van der Waals surface area contributed by atoms with Crippen molar-refractivity contribution in [3.05, 3.63) is 45.1 Å². The van der Waals surface area contributed by atoms with Gasteiger partial charge in [0.05, 0.1) is 16.3 Å². The molecular weight excluding hydrogens is 312 g/mol. The van der Waals surface area contributed by atoms with E-state index in [1.807, 2.05) is 0 Å². The monoisotopic (exact) mass is 331 g/mol. The number of nitrogens with zero attached hydrogens (tertiary/aromatic N) is 4. The van der Waals surface area contributed by atoms with Gasteiger partial charge in [0.2, 0.25) is 5.82 Å². The highest BCUT2D eigenvalue weighted by atomic mass is 32.1. The van der Waals surface area contributed by atoms with Crippen LogP contribution in [-0.2, 0) is 11.8 Å². The van der Waals surface area contributed by atoms with Gasteiger partial charge in [-0.2, -0.15) is 0 Å². The number of carbonyl (C=O) groups excluding carboxylic acids is 1. The summed E-state index contributed by atoms with van der Waals surface area (Å²) in [5.74, 6) is 0.166. The molecule has 2 rings (SSSR count). The van der Waals surface area contributed by atoms with E-state index in [4.69, 9.17) is 5.39 Å². The summed E-state index contributed by atoms with van der Waals surface area (Å²) in [4.78, 5) is 20.6. The van der Waals surface area contributed by atoms with E-state index in [1.165, 1.54) is 6.20 Å². The molecule has 120 valence electrons. The Morgan fingerprint density at radius 3 is 2.74 bits per heavy atom. The Bertz CT molecular complexity index is 711. The molecule has 2 heterocycles. The van der Waals surface area contributed by atoms with Crippen molar-refractivity contribution in [3.63, 3.8) is 0 Å². The predicted octanol–water partition coefficient (Wildman–Crippen LogP) is 2.99. The predicted molar refractivity (Wildman–Crippen MR) is 89.8 cm³/mol. The maximum absolute atomic E-state index is 12.0. The van der Waals surface area contributed by atoms with E-state index in [2.05, 4.69) is 51.9 Å². The number of carbonyl (C=O) groups is 1. The number of thiazole rings is 1. The maximum atomic E-state index is 12.0. The first kappa shape index (κ1) is 16.8. The molecular formula is C15H19N6OS+. The van der Waals surface area contributed by atoms with Gasteiger partial charge in [-0.05, 0) is 12.1 Å². The van der Waals surface area contributed by atoms with Crippen LogP contribution in [0.1, 0.15) is 41.8 Å². The fourth-order valence-electron chi connectivity index (χ4n) is 1.80. The standard InChI is InChI=1S/C15H18N6OS/c1-15(2,3)11-9-23-13(19-11)6-7-17-14(22)10-4-5-12(18-8-10)20-21-16/h4-5,8-9H,6-7H2,1-3H3,(H-,17,18,20,22)/p+1. The van der Waals surface area contributed by atoms with Gasteiger partial charge < -0.3 is 5.32 Å². The molecule has 0 atom stereocenters. The largest absolute Gasteiger partial charge is 0.352 e. The van der Waals surface area contributed by atoms with Gasteiger partial charge in [-0.3, -0.25) is 4.79 Å². The van der Waals surface area contributed by atoms with Gasteiger partial charge in [-0.15, -0.1) is 11.3 Å². The van der Waals surface area contributed by atoms with Crippen molar-refractivity contribution in [2.45, 2.75) is 32.6 Å². The molecule has 0 aromatic carbocycles. The average Bonchev–Trinajstić information content (AvgIpc) is 2.97. The van der Waals surface area contributed by atoms with Gasteiger partial charge in [0.25, 0.3) is 11.3 Å². The molecule has 23 heavy (non-hydrogen) atoms. The lowest BCUT2D eigenvalue weighted by Gasteiger charge is -2.14. The van der Waals surface area contributed by atoms with Crippen LogP contribution in [0.5, 0.6) is 0 Å². The van der Waals surface area contributed by atoms with Crippen LogP contribution in [0.2, 0.25) is 0 Å². The van der Waals surface area contributed by atoms with Crippen LogP contribution in [0.3, 0.4) is 0 Å². The quantitative estimate of drug-likeness (QED) is 0.649. The molecule has 0 aliphatic rings. The van der Waals surface area contributed by atoms with Crippen LogP contribution in [0.25, 0.3) is 5.08 Å². The van der Waals surface area contributed by atoms with E-state index in [0.717, 1.165) is 10.7 Å². The van der Waals surface area contributed by atoms with Crippen LogP contribution in [0, 0.1) is 5.39 Å². The molecule has 0 fully saturated rings. The topological polar surface area (TPSA) is 95.1 Å². The van der Waals surface area contributed by atoms with Crippen LogP contribution in [0.15, 0.2) is 23.7 Å². The zero-order valence-corrected chi connectivity index (χ0v) is 14.1. The molecule has 0 aliphatic heterocycles. The Kier molecular flexibility index (Phi) is 5.24. The Morgan fingerprint density at radius 2 is 2.17 bits per heavy atom. The van der Waals surface area contributed by atoms with E-state index in [-0.39, 0.29) is 11.3 Å². The third-order valence-corrected chi connectivity index (χ3v) is 4.04. The molecule has 0 unspecified atom stereocenters. The number of nitrogens with one attached hydrogen (secondary N) is 2. The molecule has 2 N–H and O–H groups in total. The molecule has 0 aliphatic carbocycles. The minimum atomic E-state index is -0.197. The van der Waals surface area contributed by atoms with Gasteiger partial charge in [-0.1, -0.05) is 20.8 Å².